The summed E-state index contributed by atoms with van der Waals surface area (Å²) in [6.45, 7) is 6.42. The molecular weight excluding hydrogens is 475 g/mol. The van der Waals surface area contributed by atoms with Crippen LogP contribution in [0.1, 0.15) is 36.0 Å². The van der Waals surface area contributed by atoms with Crippen molar-refractivity contribution in [3.8, 4) is 5.75 Å². The van der Waals surface area contributed by atoms with Gasteiger partial charge in [0.25, 0.3) is 5.91 Å². The zero-order chi connectivity index (χ0) is 25.3. The van der Waals surface area contributed by atoms with Crippen LogP contribution in [0.2, 0.25) is 5.02 Å². The molecule has 7 nitrogen and oxygen atoms in total. The van der Waals surface area contributed by atoms with Gasteiger partial charge in [-0.05, 0) is 42.9 Å². The second kappa shape index (κ2) is 10.1. The van der Waals surface area contributed by atoms with Crippen LogP contribution in [0.5, 0.6) is 5.75 Å². The molecule has 2 heterocycles. The average molecular weight is 501 g/mol. The normalized spacial score (nSPS) is 16.1. The minimum absolute atomic E-state index is 0.0763. The van der Waals surface area contributed by atoms with E-state index in [1.54, 1.807) is 12.1 Å². The van der Waals surface area contributed by atoms with Crippen LogP contribution in [0.4, 0.5) is 4.39 Å². The number of aliphatic hydroxyl groups excluding tert-OH is 1. The largest absolute Gasteiger partial charge is 0.503 e. The van der Waals surface area contributed by atoms with Crippen molar-refractivity contribution < 1.29 is 28.2 Å². The van der Waals surface area contributed by atoms with Gasteiger partial charge >= 0.3 is 0 Å². The number of amides is 1. The Labute approximate surface area is 207 Å². The van der Waals surface area contributed by atoms with Crippen molar-refractivity contribution in [1.82, 2.24) is 9.80 Å². The lowest BCUT2D eigenvalue weighted by Crippen LogP contribution is -2.38. The Morgan fingerprint density at radius 2 is 1.89 bits per heavy atom. The van der Waals surface area contributed by atoms with Gasteiger partial charge in [0.1, 0.15) is 5.82 Å². The van der Waals surface area contributed by atoms with Crippen molar-refractivity contribution in [2.45, 2.75) is 19.9 Å². The minimum Gasteiger partial charge on any atom is -0.503 e. The summed E-state index contributed by atoms with van der Waals surface area (Å²) in [6, 6.07) is 9.31. The molecule has 0 bridgehead atoms. The molecule has 1 aliphatic rings. The number of nitrogens with zero attached hydrogens (tertiary/aromatic N) is 2. The first-order valence-electron chi connectivity index (χ1n) is 11.3. The lowest BCUT2D eigenvalue weighted by molar-refractivity contribution is -0.129. The van der Waals surface area contributed by atoms with Crippen LogP contribution in [0, 0.1) is 5.82 Å². The second-order valence-electron chi connectivity index (χ2n) is 8.21. The van der Waals surface area contributed by atoms with E-state index in [1.165, 1.54) is 42.3 Å². The highest BCUT2D eigenvalue weighted by molar-refractivity contribution is 6.31. The maximum Gasteiger partial charge on any atom is 0.290 e. The number of ketones is 1. The molecule has 1 unspecified atom stereocenters. The number of likely N-dealkylation sites (N-methyl/N-ethyl adjacent to an activating group) is 1. The summed E-state index contributed by atoms with van der Waals surface area (Å²) < 4.78 is 24.8. The molecule has 0 aliphatic carbocycles. The van der Waals surface area contributed by atoms with Gasteiger partial charge in [-0.25, -0.2) is 4.39 Å². The summed E-state index contributed by atoms with van der Waals surface area (Å²) in [6.07, 6.45) is 0. The number of carbonyl (C=O) groups excluding carboxylic acids is 2. The lowest BCUT2D eigenvalue weighted by Gasteiger charge is -2.29. The first kappa shape index (κ1) is 24.8. The van der Waals surface area contributed by atoms with Crippen molar-refractivity contribution in [3.63, 3.8) is 0 Å². The van der Waals surface area contributed by atoms with Crippen LogP contribution in [0.15, 0.2) is 58.2 Å². The molecule has 0 saturated carbocycles. The van der Waals surface area contributed by atoms with E-state index in [-0.39, 0.29) is 17.9 Å². The number of halogens is 2. The Kier molecular flexibility index (Phi) is 7.14. The first-order valence-corrected chi connectivity index (χ1v) is 11.7. The van der Waals surface area contributed by atoms with Gasteiger partial charge in [-0.1, -0.05) is 37.6 Å². The standard InChI is InChI=1S/C26H26ClFN2O5/c1-4-29(5-2)10-11-30-22(15-6-8-18(28)9-7-15)21(24(32)26(30)33)23(31)19-13-16-12-17(27)14-20(34-3)25(16)35-19/h6-9,12-14,22,32H,4-5,10-11H2,1-3H3. The Hall–Kier alpha value is -3.36. The highest BCUT2D eigenvalue weighted by Crippen LogP contribution is 2.40. The Bertz CT molecular complexity index is 1300. The number of aliphatic hydroxyl groups is 1. The summed E-state index contributed by atoms with van der Waals surface area (Å²) in [5.74, 6) is -2.13. The number of rotatable bonds is 9. The summed E-state index contributed by atoms with van der Waals surface area (Å²) in [7, 11) is 1.46. The van der Waals surface area contributed by atoms with Gasteiger partial charge < -0.3 is 24.1 Å². The predicted octanol–water partition coefficient (Wildman–Crippen LogP) is 5.15. The van der Waals surface area contributed by atoms with Gasteiger partial charge in [-0.15, -0.1) is 0 Å². The maximum atomic E-state index is 13.7. The van der Waals surface area contributed by atoms with Gasteiger partial charge in [0, 0.05) is 29.6 Å². The monoisotopic (exact) mass is 500 g/mol. The topological polar surface area (TPSA) is 83.2 Å². The molecule has 2 aromatic carbocycles. The molecule has 0 fully saturated rings. The van der Waals surface area contributed by atoms with E-state index in [2.05, 4.69) is 4.90 Å². The number of hydrogen-bond acceptors (Lipinski definition) is 6. The van der Waals surface area contributed by atoms with Crippen LogP contribution >= 0.6 is 11.6 Å². The third kappa shape index (κ3) is 4.63. The van der Waals surface area contributed by atoms with E-state index in [9.17, 15) is 19.1 Å². The molecule has 35 heavy (non-hydrogen) atoms. The minimum atomic E-state index is -0.898. The number of methoxy groups -OCH3 is 1. The lowest BCUT2D eigenvalue weighted by atomic mass is 9.95. The molecular formula is C26H26ClFN2O5. The van der Waals surface area contributed by atoms with Crippen LogP contribution in [0.3, 0.4) is 0 Å². The fourth-order valence-electron chi connectivity index (χ4n) is 4.38. The van der Waals surface area contributed by atoms with E-state index in [0.717, 1.165) is 13.1 Å². The molecule has 1 amide bonds. The number of Topliss-reactive ketones (excluding diaryl/α,β-unsaturated/α-hetero) is 1. The number of carbonyl (C=O) groups is 2. The molecule has 3 aromatic rings. The van der Waals surface area contributed by atoms with E-state index in [4.69, 9.17) is 20.8 Å². The third-order valence-corrected chi connectivity index (χ3v) is 6.49. The maximum absolute atomic E-state index is 13.7. The molecule has 184 valence electrons. The van der Waals surface area contributed by atoms with E-state index in [0.29, 0.717) is 33.8 Å². The highest BCUT2D eigenvalue weighted by Gasteiger charge is 2.44. The fraction of sp³-hybridized carbons (Fsp3) is 0.308. The van der Waals surface area contributed by atoms with E-state index in [1.807, 2.05) is 13.8 Å². The van der Waals surface area contributed by atoms with Crippen molar-refractivity contribution in [2.75, 3.05) is 33.3 Å². The fourth-order valence-corrected chi connectivity index (χ4v) is 4.60. The van der Waals surface area contributed by atoms with Crippen molar-refractivity contribution in [1.29, 1.82) is 0 Å². The summed E-state index contributed by atoms with van der Waals surface area (Å²) >= 11 is 6.14. The van der Waals surface area contributed by atoms with Crippen molar-refractivity contribution in [3.05, 3.63) is 76.0 Å². The summed E-state index contributed by atoms with van der Waals surface area (Å²) in [4.78, 5) is 30.3. The summed E-state index contributed by atoms with van der Waals surface area (Å²) in [5, 5.41) is 11.8. The molecule has 0 radical (unpaired) electrons. The molecule has 0 spiro atoms. The van der Waals surface area contributed by atoms with E-state index >= 15 is 0 Å². The van der Waals surface area contributed by atoms with Crippen molar-refractivity contribution >= 4 is 34.3 Å². The molecule has 1 atom stereocenters. The number of ether oxygens (including phenoxy) is 1. The van der Waals surface area contributed by atoms with Gasteiger partial charge in [-0.2, -0.15) is 0 Å². The average Bonchev–Trinajstić information content (AvgIpc) is 3.38. The number of furan rings is 1. The molecule has 1 aromatic heterocycles. The molecule has 1 N–H and O–H groups in total. The highest BCUT2D eigenvalue weighted by atomic mass is 35.5. The zero-order valence-corrected chi connectivity index (χ0v) is 20.4. The molecule has 0 saturated heterocycles. The number of fused-ring (bicyclic) bond motifs is 1. The van der Waals surface area contributed by atoms with Crippen molar-refractivity contribution in [2.24, 2.45) is 0 Å². The van der Waals surface area contributed by atoms with Crippen LogP contribution in [-0.4, -0.2) is 59.9 Å². The smallest absolute Gasteiger partial charge is 0.290 e. The molecule has 4 rings (SSSR count). The Balaban J connectivity index is 1.77. The summed E-state index contributed by atoms with van der Waals surface area (Å²) in [5.41, 5.74) is 0.704. The third-order valence-electron chi connectivity index (χ3n) is 6.28. The van der Waals surface area contributed by atoms with Gasteiger partial charge in [0.2, 0.25) is 5.78 Å². The van der Waals surface area contributed by atoms with Crippen LogP contribution in [-0.2, 0) is 4.79 Å². The van der Waals surface area contributed by atoms with Crippen LogP contribution in [0.25, 0.3) is 11.0 Å². The van der Waals surface area contributed by atoms with Gasteiger partial charge in [-0.3, -0.25) is 9.59 Å². The van der Waals surface area contributed by atoms with Crippen LogP contribution < -0.4 is 4.74 Å². The second-order valence-corrected chi connectivity index (χ2v) is 8.64. The number of benzene rings is 2. The SMILES string of the molecule is CCN(CC)CCN1C(=O)C(O)=C(C(=O)c2cc3cc(Cl)cc(OC)c3o2)C1c1ccc(F)cc1. The Morgan fingerprint density at radius 3 is 2.51 bits per heavy atom. The molecule has 1 aliphatic heterocycles. The zero-order valence-electron chi connectivity index (χ0n) is 19.7. The van der Waals surface area contributed by atoms with E-state index < -0.39 is 29.3 Å². The Morgan fingerprint density at radius 1 is 1.20 bits per heavy atom. The predicted molar refractivity (Wildman–Crippen MR) is 130 cm³/mol. The quantitative estimate of drug-likeness (QED) is 0.409. The first-order chi connectivity index (χ1) is 16.8. The van der Waals surface area contributed by atoms with Gasteiger partial charge in [0.05, 0.1) is 18.7 Å². The van der Waals surface area contributed by atoms with Gasteiger partial charge in [0.15, 0.2) is 22.9 Å². The molecule has 9 heteroatoms. The number of hydrogen-bond donors (Lipinski definition) is 1.